The average Bonchev–Trinajstić information content (AvgIpc) is 2.63. The zero-order valence-corrected chi connectivity index (χ0v) is 13.5. The Bertz CT molecular complexity index is 856. The summed E-state index contributed by atoms with van der Waals surface area (Å²) in [5.41, 5.74) is 1.80. The second-order valence-electron chi connectivity index (χ2n) is 5.57. The summed E-state index contributed by atoms with van der Waals surface area (Å²) in [5.74, 6) is 0.960. The third-order valence-electron chi connectivity index (χ3n) is 3.97. The topological polar surface area (TPSA) is 58.6 Å². The Morgan fingerprint density at radius 3 is 2.42 bits per heavy atom. The summed E-state index contributed by atoms with van der Waals surface area (Å²) in [6.45, 7) is 0. The quantitative estimate of drug-likeness (QED) is 0.695. The molecule has 0 spiro atoms. The fourth-order valence-electron chi connectivity index (χ4n) is 2.65. The summed E-state index contributed by atoms with van der Waals surface area (Å²) in [4.78, 5) is 12.2. The molecule has 3 aromatic carbocycles. The lowest BCUT2D eigenvalue weighted by molar-refractivity contribution is -0.116. The van der Waals surface area contributed by atoms with E-state index in [0.29, 0.717) is 18.5 Å². The number of nitrogens with one attached hydrogen (secondary N) is 1. The number of anilines is 1. The second kappa shape index (κ2) is 7.04. The fraction of sp³-hybridized carbons (Fsp3) is 0.150. The highest BCUT2D eigenvalue weighted by Gasteiger charge is 2.08. The molecule has 0 aromatic heterocycles. The molecule has 3 aromatic rings. The molecule has 122 valence electrons. The van der Waals surface area contributed by atoms with Gasteiger partial charge in [-0.05, 0) is 36.2 Å². The van der Waals surface area contributed by atoms with E-state index in [1.165, 1.54) is 0 Å². The van der Waals surface area contributed by atoms with Gasteiger partial charge >= 0.3 is 0 Å². The van der Waals surface area contributed by atoms with Crippen LogP contribution in [0.25, 0.3) is 10.8 Å². The van der Waals surface area contributed by atoms with Crippen molar-refractivity contribution in [2.24, 2.45) is 0 Å². The molecule has 0 unspecified atom stereocenters. The fourth-order valence-corrected chi connectivity index (χ4v) is 2.65. The van der Waals surface area contributed by atoms with E-state index in [2.05, 4.69) is 5.32 Å². The first-order chi connectivity index (χ1) is 11.7. The Morgan fingerprint density at radius 1 is 1.00 bits per heavy atom. The third kappa shape index (κ3) is 3.49. The molecule has 1 amide bonds. The number of hydrogen-bond acceptors (Lipinski definition) is 3. The highest BCUT2D eigenvalue weighted by molar-refractivity contribution is 6.04. The highest BCUT2D eigenvalue weighted by atomic mass is 16.5. The molecule has 0 saturated heterocycles. The van der Waals surface area contributed by atoms with Crippen LogP contribution in [0.1, 0.15) is 12.0 Å². The van der Waals surface area contributed by atoms with Crippen molar-refractivity contribution in [3.63, 3.8) is 0 Å². The number of amides is 1. The predicted octanol–water partition coefficient (Wildman–Crippen LogP) is 4.13. The maximum atomic E-state index is 12.2. The van der Waals surface area contributed by atoms with Crippen molar-refractivity contribution in [3.8, 4) is 11.5 Å². The molecule has 4 nitrogen and oxygen atoms in total. The Hall–Kier alpha value is -3.01. The summed E-state index contributed by atoms with van der Waals surface area (Å²) < 4.78 is 5.12. The first kappa shape index (κ1) is 15.9. The minimum atomic E-state index is -0.0540. The van der Waals surface area contributed by atoms with Crippen molar-refractivity contribution in [1.82, 2.24) is 0 Å². The van der Waals surface area contributed by atoms with E-state index in [4.69, 9.17) is 4.74 Å². The first-order valence-corrected chi connectivity index (χ1v) is 7.81. The molecule has 0 heterocycles. The highest BCUT2D eigenvalue weighted by Crippen LogP contribution is 2.30. The van der Waals surface area contributed by atoms with E-state index in [0.717, 1.165) is 22.1 Å². The zero-order chi connectivity index (χ0) is 16.9. The van der Waals surface area contributed by atoms with Gasteiger partial charge in [0.2, 0.25) is 5.91 Å². The van der Waals surface area contributed by atoms with Crippen molar-refractivity contribution in [1.29, 1.82) is 0 Å². The molecule has 0 radical (unpaired) electrons. The van der Waals surface area contributed by atoms with Crippen molar-refractivity contribution in [2.45, 2.75) is 12.8 Å². The van der Waals surface area contributed by atoms with E-state index in [1.54, 1.807) is 19.2 Å². The molecule has 2 N–H and O–H groups in total. The first-order valence-electron chi connectivity index (χ1n) is 7.81. The number of phenolic OH excluding ortho intramolecular Hbond substituents is 1. The Labute approximate surface area is 140 Å². The predicted molar refractivity (Wildman–Crippen MR) is 95.6 cm³/mol. The number of ether oxygens (including phenoxy) is 1. The number of carbonyl (C=O) groups is 1. The number of rotatable bonds is 5. The number of phenols is 1. The molecule has 4 heteroatoms. The van der Waals surface area contributed by atoms with Crippen LogP contribution in [0, 0.1) is 0 Å². The van der Waals surface area contributed by atoms with E-state index < -0.39 is 0 Å². The molecule has 0 aliphatic carbocycles. The number of aromatic hydroxyl groups is 1. The van der Waals surface area contributed by atoms with Gasteiger partial charge in [-0.1, -0.05) is 36.4 Å². The lowest BCUT2D eigenvalue weighted by atomic mass is 10.1. The maximum Gasteiger partial charge on any atom is 0.224 e. The Kier molecular flexibility index (Phi) is 4.66. The number of carbonyl (C=O) groups excluding carboxylic acids is 1. The zero-order valence-electron chi connectivity index (χ0n) is 13.5. The van der Waals surface area contributed by atoms with E-state index in [-0.39, 0.29) is 11.7 Å². The molecular weight excluding hydrogens is 302 g/mol. The standard InChI is InChI=1S/C20H19NO3/c1-24-15-9-6-14(7-10-15)8-13-20(23)21-18-11-12-19(22)17-5-3-2-4-16(17)18/h2-7,9-12,22H,8,13H2,1H3,(H,21,23). The monoisotopic (exact) mass is 321 g/mol. The Balaban J connectivity index is 1.67. The van der Waals surface area contributed by atoms with Crippen molar-refractivity contribution in [3.05, 3.63) is 66.2 Å². The molecule has 24 heavy (non-hydrogen) atoms. The molecule has 0 bridgehead atoms. The van der Waals surface area contributed by atoms with Gasteiger partial charge < -0.3 is 15.2 Å². The van der Waals surface area contributed by atoms with E-state index >= 15 is 0 Å². The van der Waals surface area contributed by atoms with Gasteiger partial charge in [0, 0.05) is 22.9 Å². The minimum absolute atomic E-state index is 0.0540. The van der Waals surface area contributed by atoms with Crippen LogP contribution in [0.2, 0.25) is 0 Å². The number of aryl methyl sites for hydroxylation is 1. The van der Waals surface area contributed by atoms with Gasteiger partial charge in [-0.3, -0.25) is 4.79 Å². The molecule has 0 aliphatic heterocycles. The normalized spacial score (nSPS) is 10.5. The number of fused-ring (bicyclic) bond motifs is 1. The van der Waals surface area contributed by atoms with Crippen LogP contribution < -0.4 is 10.1 Å². The molecule has 0 saturated carbocycles. The number of hydrogen-bond donors (Lipinski definition) is 2. The number of methoxy groups -OCH3 is 1. The molecule has 3 rings (SSSR count). The van der Waals surface area contributed by atoms with Crippen molar-refractivity contribution in [2.75, 3.05) is 12.4 Å². The summed E-state index contributed by atoms with van der Waals surface area (Å²) in [6, 6.07) is 18.5. The molecule has 0 aliphatic rings. The van der Waals surface area contributed by atoms with Gasteiger partial charge in [0.25, 0.3) is 0 Å². The molecule has 0 fully saturated rings. The summed E-state index contributed by atoms with van der Waals surface area (Å²) in [7, 11) is 1.63. The van der Waals surface area contributed by atoms with Crippen LogP contribution in [-0.4, -0.2) is 18.1 Å². The Morgan fingerprint density at radius 2 is 1.71 bits per heavy atom. The van der Waals surface area contributed by atoms with Gasteiger partial charge in [0.1, 0.15) is 11.5 Å². The largest absolute Gasteiger partial charge is 0.507 e. The lowest BCUT2D eigenvalue weighted by Crippen LogP contribution is -2.12. The second-order valence-corrected chi connectivity index (χ2v) is 5.57. The van der Waals surface area contributed by atoms with Crippen LogP contribution in [0.15, 0.2) is 60.7 Å². The van der Waals surface area contributed by atoms with Crippen LogP contribution in [0.3, 0.4) is 0 Å². The smallest absolute Gasteiger partial charge is 0.224 e. The SMILES string of the molecule is COc1ccc(CCC(=O)Nc2ccc(O)c3ccccc23)cc1. The van der Waals surface area contributed by atoms with Gasteiger partial charge in [-0.25, -0.2) is 0 Å². The molecular formula is C20H19NO3. The maximum absolute atomic E-state index is 12.2. The van der Waals surface area contributed by atoms with Crippen molar-refractivity contribution < 1.29 is 14.6 Å². The van der Waals surface area contributed by atoms with Gasteiger partial charge in [0.15, 0.2) is 0 Å². The summed E-state index contributed by atoms with van der Waals surface area (Å²) >= 11 is 0. The molecule has 0 atom stereocenters. The van der Waals surface area contributed by atoms with Crippen LogP contribution >= 0.6 is 0 Å². The average molecular weight is 321 g/mol. The van der Waals surface area contributed by atoms with Crippen LogP contribution in [0.4, 0.5) is 5.69 Å². The van der Waals surface area contributed by atoms with Crippen LogP contribution in [0.5, 0.6) is 11.5 Å². The summed E-state index contributed by atoms with van der Waals surface area (Å²) in [6.07, 6.45) is 1.05. The van der Waals surface area contributed by atoms with Crippen LogP contribution in [-0.2, 0) is 11.2 Å². The lowest BCUT2D eigenvalue weighted by Gasteiger charge is -2.10. The minimum Gasteiger partial charge on any atom is -0.507 e. The van der Waals surface area contributed by atoms with E-state index in [9.17, 15) is 9.90 Å². The third-order valence-corrected chi connectivity index (χ3v) is 3.97. The van der Waals surface area contributed by atoms with Crippen molar-refractivity contribution >= 4 is 22.4 Å². The number of benzene rings is 3. The van der Waals surface area contributed by atoms with Gasteiger partial charge in [-0.15, -0.1) is 0 Å². The van der Waals surface area contributed by atoms with Gasteiger partial charge in [-0.2, -0.15) is 0 Å². The van der Waals surface area contributed by atoms with E-state index in [1.807, 2.05) is 48.5 Å². The summed E-state index contributed by atoms with van der Waals surface area (Å²) in [5, 5.41) is 14.4. The van der Waals surface area contributed by atoms with Gasteiger partial charge in [0.05, 0.1) is 7.11 Å².